The van der Waals surface area contributed by atoms with Gasteiger partial charge in [0.1, 0.15) is 18.0 Å². The normalized spacial score (nSPS) is 19.6. The molecule has 0 fully saturated rings. The number of primary amides is 1. The molecule has 1 heterocycles. The average molecular weight is 278 g/mol. The highest BCUT2D eigenvalue weighted by molar-refractivity contribution is 5.81. The van der Waals surface area contributed by atoms with Crippen LogP contribution in [0.15, 0.2) is 36.6 Å². The van der Waals surface area contributed by atoms with Crippen LogP contribution in [-0.4, -0.2) is 30.5 Å². The first-order valence-electron chi connectivity index (χ1n) is 6.63. The summed E-state index contributed by atoms with van der Waals surface area (Å²) >= 11 is 0. The molecule has 5 heteroatoms. The fraction of sp³-hybridized carbons (Fsp3) is 0.400. The van der Waals surface area contributed by atoms with Crippen LogP contribution >= 0.6 is 0 Å². The highest BCUT2D eigenvalue weighted by Crippen LogP contribution is 2.22. The number of nitrogens with zero attached hydrogens (tertiary/aromatic N) is 1. The Labute approximate surface area is 118 Å². The predicted octanol–water partition coefficient (Wildman–Crippen LogP) is 1.98. The second-order valence-corrected chi connectivity index (χ2v) is 5.01. The first-order valence-corrected chi connectivity index (χ1v) is 6.63. The average Bonchev–Trinajstić information content (AvgIpc) is 2.39. The number of halogens is 1. The number of hydrogen-bond donors (Lipinski definition) is 1. The van der Waals surface area contributed by atoms with E-state index >= 15 is 0 Å². The van der Waals surface area contributed by atoms with Gasteiger partial charge >= 0.3 is 0 Å². The lowest BCUT2D eigenvalue weighted by Gasteiger charge is -2.30. The molecule has 1 aliphatic rings. The van der Waals surface area contributed by atoms with Crippen molar-refractivity contribution in [3.8, 4) is 0 Å². The smallest absolute Gasteiger partial charge is 0.239 e. The minimum absolute atomic E-state index is 0.0282. The minimum atomic E-state index is -0.653. The number of benzene rings is 1. The summed E-state index contributed by atoms with van der Waals surface area (Å²) in [5.41, 5.74) is 6.03. The molecule has 2 rings (SSSR count). The van der Waals surface area contributed by atoms with Crippen molar-refractivity contribution in [1.82, 2.24) is 4.90 Å². The highest BCUT2D eigenvalue weighted by atomic mass is 19.1. The molecule has 0 saturated heterocycles. The number of likely N-dealkylation sites (N-methyl/N-ethyl adjacent to an activating group) is 1. The Morgan fingerprint density at radius 3 is 3.00 bits per heavy atom. The third-order valence-corrected chi connectivity index (χ3v) is 3.39. The minimum Gasteiger partial charge on any atom is -0.497 e. The van der Waals surface area contributed by atoms with Gasteiger partial charge in [-0.3, -0.25) is 9.69 Å². The van der Waals surface area contributed by atoms with E-state index in [9.17, 15) is 9.18 Å². The summed E-state index contributed by atoms with van der Waals surface area (Å²) in [5, 5.41) is 0. The summed E-state index contributed by atoms with van der Waals surface area (Å²) in [6.07, 6.45) is 5.54. The van der Waals surface area contributed by atoms with E-state index < -0.39 is 11.9 Å². The summed E-state index contributed by atoms with van der Waals surface area (Å²) in [4.78, 5) is 13.5. The van der Waals surface area contributed by atoms with Crippen molar-refractivity contribution in [1.29, 1.82) is 0 Å². The Morgan fingerprint density at radius 1 is 1.60 bits per heavy atom. The molecule has 2 N–H and O–H groups in total. The molecule has 2 unspecified atom stereocenters. The Balaban J connectivity index is 2.11. The van der Waals surface area contributed by atoms with E-state index in [0.717, 1.165) is 12.8 Å². The van der Waals surface area contributed by atoms with Gasteiger partial charge in [0.05, 0.1) is 6.26 Å². The Morgan fingerprint density at radius 2 is 2.40 bits per heavy atom. The molecule has 4 nitrogen and oxygen atoms in total. The molecule has 0 aliphatic carbocycles. The number of carbonyl (C=O) groups is 1. The zero-order valence-corrected chi connectivity index (χ0v) is 11.5. The van der Waals surface area contributed by atoms with Crippen molar-refractivity contribution in [2.45, 2.75) is 25.0 Å². The van der Waals surface area contributed by atoms with Crippen LogP contribution in [0.2, 0.25) is 0 Å². The molecule has 0 radical (unpaired) electrons. The molecule has 1 aliphatic heterocycles. The fourth-order valence-electron chi connectivity index (χ4n) is 2.46. The van der Waals surface area contributed by atoms with E-state index in [4.69, 9.17) is 10.5 Å². The molecule has 20 heavy (non-hydrogen) atoms. The third kappa shape index (κ3) is 3.57. The van der Waals surface area contributed by atoms with Crippen molar-refractivity contribution in [2.24, 2.45) is 5.73 Å². The summed E-state index contributed by atoms with van der Waals surface area (Å²) in [7, 11) is 1.79. The van der Waals surface area contributed by atoms with Crippen LogP contribution in [0.3, 0.4) is 0 Å². The van der Waals surface area contributed by atoms with Gasteiger partial charge in [0.2, 0.25) is 5.91 Å². The Hall–Kier alpha value is -1.88. The maximum absolute atomic E-state index is 13.3. The number of carbonyl (C=O) groups excluding carboxylic acids is 1. The maximum atomic E-state index is 13.3. The van der Waals surface area contributed by atoms with E-state index in [1.807, 2.05) is 6.08 Å². The van der Waals surface area contributed by atoms with E-state index in [1.165, 1.54) is 12.1 Å². The van der Waals surface area contributed by atoms with Gasteiger partial charge < -0.3 is 10.5 Å². The zero-order valence-electron chi connectivity index (χ0n) is 11.5. The third-order valence-electron chi connectivity index (χ3n) is 3.39. The summed E-state index contributed by atoms with van der Waals surface area (Å²) in [6.45, 7) is 0.564. The van der Waals surface area contributed by atoms with Crippen molar-refractivity contribution in [3.05, 3.63) is 48.0 Å². The van der Waals surface area contributed by atoms with Gasteiger partial charge in [-0.25, -0.2) is 4.39 Å². The lowest BCUT2D eigenvalue weighted by molar-refractivity contribution is -0.123. The highest BCUT2D eigenvalue weighted by Gasteiger charge is 2.26. The number of ether oxygens (including phenoxy) is 1. The van der Waals surface area contributed by atoms with Crippen molar-refractivity contribution < 1.29 is 13.9 Å². The second kappa shape index (κ2) is 6.52. The number of nitrogens with two attached hydrogens (primary N) is 1. The molecule has 108 valence electrons. The molecular formula is C15H19FN2O2. The number of amides is 1. The van der Waals surface area contributed by atoms with Gasteiger partial charge in [-0.15, -0.1) is 0 Å². The first-order chi connectivity index (χ1) is 9.58. The summed E-state index contributed by atoms with van der Waals surface area (Å²) < 4.78 is 18.8. The Bertz CT molecular complexity index is 504. The van der Waals surface area contributed by atoms with Crippen LogP contribution in [0.5, 0.6) is 0 Å². The van der Waals surface area contributed by atoms with Gasteiger partial charge in [-0.05, 0) is 43.7 Å². The molecule has 1 aromatic carbocycles. The lowest BCUT2D eigenvalue weighted by Crippen LogP contribution is -2.40. The van der Waals surface area contributed by atoms with Crippen LogP contribution in [0, 0.1) is 5.82 Å². The molecule has 1 amide bonds. The molecule has 1 aromatic rings. The maximum Gasteiger partial charge on any atom is 0.239 e. The topological polar surface area (TPSA) is 55.6 Å². The molecule has 2 atom stereocenters. The van der Waals surface area contributed by atoms with Crippen LogP contribution in [0.25, 0.3) is 0 Å². The van der Waals surface area contributed by atoms with Crippen LogP contribution in [-0.2, 0) is 9.53 Å². The molecule has 0 bridgehead atoms. The van der Waals surface area contributed by atoms with E-state index in [0.29, 0.717) is 12.1 Å². The second-order valence-electron chi connectivity index (χ2n) is 5.01. The van der Waals surface area contributed by atoms with Crippen molar-refractivity contribution >= 4 is 5.91 Å². The number of hydrogen-bond acceptors (Lipinski definition) is 3. The molecular weight excluding hydrogens is 259 g/mol. The standard InChI is InChI=1S/C15H19FN2O2/c1-18(10-13-7-2-3-8-20-13)14(15(17)19)11-5-4-6-12(16)9-11/h3-6,8-9,13-14H,2,7,10H2,1H3,(H2,17,19). The largest absolute Gasteiger partial charge is 0.497 e. The van der Waals surface area contributed by atoms with Gasteiger partial charge in [0.25, 0.3) is 0 Å². The van der Waals surface area contributed by atoms with Crippen LogP contribution in [0.4, 0.5) is 4.39 Å². The van der Waals surface area contributed by atoms with Crippen molar-refractivity contribution in [3.63, 3.8) is 0 Å². The van der Waals surface area contributed by atoms with Gasteiger partial charge in [0.15, 0.2) is 0 Å². The van der Waals surface area contributed by atoms with Crippen LogP contribution in [0.1, 0.15) is 24.4 Å². The Kier molecular flexibility index (Phi) is 4.74. The molecule has 0 saturated carbocycles. The van der Waals surface area contributed by atoms with Crippen LogP contribution < -0.4 is 5.73 Å². The van der Waals surface area contributed by atoms with E-state index in [1.54, 1.807) is 30.3 Å². The van der Waals surface area contributed by atoms with Gasteiger partial charge in [-0.1, -0.05) is 12.1 Å². The SMILES string of the molecule is CN(CC1CCC=CO1)C(C(N)=O)c1cccc(F)c1. The molecule has 0 aromatic heterocycles. The predicted molar refractivity (Wildman–Crippen MR) is 74.2 cm³/mol. The number of rotatable bonds is 5. The summed E-state index contributed by atoms with van der Waals surface area (Å²) in [5.74, 6) is -0.872. The van der Waals surface area contributed by atoms with E-state index in [2.05, 4.69) is 0 Å². The lowest BCUT2D eigenvalue weighted by atomic mass is 10.0. The quantitative estimate of drug-likeness (QED) is 0.896. The monoisotopic (exact) mass is 278 g/mol. The zero-order chi connectivity index (χ0) is 14.5. The van der Waals surface area contributed by atoms with Gasteiger partial charge in [-0.2, -0.15) is 0 Å². The number of allylic oxidation sites excluding steroid dienone is 1. The van der Waals surface area contributed by atoms with Crippen molar-refractivity contribution in [2.75, 3.05) is 13.6 Å². The fourth-order valence-corrected chi connectivity index (χ4v) is 2.46. The molecule has 0 spiro atoms. The first kappa shape index (κ1) is 14.5. The van der Waals surface area contributed by atoms with Gasteiger partial charge in [0, 0.05) is 6.54 Å². The summed E-state index contributed by atoms with van der Waals surface area (Å²) in [6, 6.07) is 5.31. The van der Waals surface area contributed by atoms with E-state index in [-0.39, 0.29) is 11.9 Å².